The van der Waals surface area contributed by atoms with Gasteiger partial charge in [0, 0.05) is 23.1 Å². The Morgan fingerprint density at radius 2 is 1.95 bits per heavy atom. The molecular formula is C31H35NO5S. The van der Waals surface area contributed by atoms with Crippen molar-refractivity contribution in [3.8, 4) is 28.4 Å². The molecule has 2 aliphatic rings. The monoisotopic (exact) mass is 533 g/mol. The van der Waals surface area contributed by atoms with Crippen molar-refractivity contribution in [2.24, 2.45) is 0 Å². The van der Waals surface area contributed by atoms with E-state index in [-0.39, 0.29) is 18.4 Å². The second-order valence-corrected chi connectivity index (χ2v) is 11.0. The van der Waals surface area contributed by atoms with E-state index in [1.807, 2.05) is 30.0 Å². The van der Waals surface area contributed by atoms with Gasteiger partial charge in [-0.2, -0.15) is 11.8 Å². The molecule has 7 heteroatoms. The summed E-state index contributed by atoms with van der Waals surface area (Å²) in [6, 6.07) is 16.6. The third-order valence-electron chi connectivity index (χ3n) is 7.36. The van der Waals surface area contributed by atoms with Crippen LogP contribution in [0.3, 0.4) is 0 Å². The van der Waals surface area contributed by atoms with Crippen LogP contribution in [0.5, 0.6) is 17.2 Å². The third kappa shape index (κ3) is 5.64. The number of hydrogen-bond acceptors (Lipinski definition) is 6. The molecule has 5 rings (SSSR count). The zero-order valence-electron chi connectivity index (χ0n) is 22.2. The highest BCUT2D eigenvalue weighted by Gasteiger charge is 2.29. The molecule has 0 saturated carbocycles. The van der Waals surface area contributed by atoms with E-state index in [4.69, 9.17) is 19.3 Å². The maximum absolute atomic E-state index is 11.1. The van der Waals surface area contributed by atoms with Gasteiger partial charge in [-0.15, -0.1) is 0 Å². The molecule has 38 heavy (non-hydrogen) atoms. The lowest BCUT2D eigenvalue weighted by atomic mass is 9.89. The number of rotatable bonds is 11. The van der Waals surface area contributed by atoms with Gasteiger partial charge < -0.3 is 24.6 Å². The molecule has 0 aromatic heterocycles. The third-order valence-corrected chi connectivity index (χ3v) is 8.06. The first-order valence-electron chi connectivity index (χ1n) is 13.1. The summed E-state index contributed by atoms with van der Waals surface area (Å²) in [7, 11) is 0. The van der Waals surface area contributed by atoms with Gasteiger partial charge in [0.15, 0.2) is 0 Å². The molecule has 2 atom stereocenters. The second kappa shape index (κ2) is 11.7. The van der Waals surface area contributed by atoms with Crippen molar-refractivity contribution in [2.45, 2.75) is 45.3 Å². The fourth-order valence-electron chi connectivity index (χ4n) is 5.58. The van der Waals surface area contributed by atoms with E-state index in [1.54, 1.807) is 0 Å². The summed E-state index contributed by atoms with van der Waals surface area (Å²) in [5, 5.41) is 12.8. The Hall–Kier alpha value is -3.16. The molecule has 6 nitrogen and oxygen atoms in total. The highest BCUT2D eigenvalue weighted by atomic mass is 32.2. The molecule has 3 aromatic carbocycles. The van der Waals surface area contributed by atoms with Crippen LogP contribution >= 0.6 is 11.8 Å². The number of carbonyl (C=O) groups is 1. The molecule has 2 heterocycles. The summed E-state index contributed by atoms with van der Waals surface area (Å²) in [6.07, 6.45) is 3.36. The van der Waals surface area contributed by atoms with Gasteiger partial charge in [0.2, 0.25) is 0 Å². The lowest BCUT2D eigenvalue weighted by Gasteiger charge is -2.18. The number of aryl methyl sites for hydroxylation is 1. The number of thioether (sulfide) groups is 1. The molecule has 0 spiro atoms. The minimum Gasteiger partial charge on any atom is -0.492 e. The highest BCUT2D eigenvalue weighted by molar-refractivity contribution is 7.98. The van der Waals surface area contributed by atoms with Gasteiger partial charge in [0.25, 0.3) is 0 Å². The highest BCUT2D eigenvalue weighted by Crippen LogP contribution is 2.42. The molecule has 2 unspecified atom stereocenters. The first-order valence-corrected chi connectivity index (χ1v) is 14.5. The summed E-state index contributed by atoms with van der Waals surface area (Å²) in [6.45, 7) is 6.84. The number of nitrogens with one attached hydrogen (secondary N) is 1. The largest absolute Gasteiger partial charge is 0.492 e. The number of benzene rings is 3. The Balaban J connectivity index is 1.31. The van der Waals surface area contributed by atoms with Crippen LogP contribution < -0.4 is 19.5 Å². The van der Waals surface area contributed by atoms with Crippen LogP contribution in [0, 0.1) is 13.8 Å². The van der Waals surface area contributed by atoms with E-state index in [1.165, 1.54) is 27.8 Å². The van der Waals surface area contributed by atoms with E-state index >= 15 is 0 Å². The lowest BCUT2D eigenvalue weighted by Crippen LogP contribution is -2.24. The summed E-state index contributed by atoms with van der Waals surface area (Å²) >= 11 is 1.88. The minimum absolute atomic E-state index is 0.0719. The van der Waals surface area contributed by atoms with Crippen LogP contribution in [-0.4, -0.2) is 42.8 Å². The van der Waals surface area contributed by atoms with Crippen molar-refractivity contribution < 1.29 is 24.1 Å². The molecule has 0 aliphatic carbocycles. The molecule has 2 aliphatic heterocycles. The smallest absolute Gasteiger partial charge is 0.304 e. The molecule has 2 N–H and O–H groups in total. The summed E-state index contributed by atoms with van der Waals surface area (Å²) in [5.74, 6) is 2.65. The fraction of sp³-hybridized carbons (Fsp3) is 0.387. The fourth-order valence-corrected chi connectivity index (χ4v) is 6.01. The van der Waals surface area contributed by atoms with Gasteiger partial charge >= 0.3 is 5.97 Å². The molecule has 0 amide bonds. The van der Waals surface area contributed by atoms with E-state index in [9.17, 15) is 4.79 Å². The van der Waals surface area contributed by atoms with Gasteiger partial charge in [0.05, 0.1) is 19.1 Å². The van der Waals surface area contributed by atoms with Gasteiger partial charge in [-0.1, -0.05) is 24.3 Å². The first-order chi connectivity index (χ1) is 18.4. The molecule has 0 bridgehead atoms. The van der Waals surface area contributed by atoms with Gasteiger partial charge in [-0.3, -0.25) is 4.79 Å². The zero-order valence-corrected chi connectivity index (χ0v) is 23.0. The number of ether oxygens (including phenoxy) is 3. The average Bonchev–Trinajstić information content (AvgIpc) is 3.49. The Morgan fingerprint density at radius 1 is 1.11 bits per heavy atom. The Bertz CT molecular complexity index is 1320. The van der Waals surface area contributed by atoms with Crippen molar-refractivity contribution in [2.75, 3.05) is 31.8 Å². The SMILES string of the molecule is CSCCCNC1COc2cc(C)c(-c3cccc(COc4ccc5c(c4)OCC5CC(=O)O)c3)c(C)c21. The van der Waals surface area contributed by atoms with Gasteiger partial charge in [0.1, 0.15) is 30.5 Å². The summed E-state index contributed by atoms with van der Waals surface area (Å²) in [4.78, 5) is 11.1. The molecule has 3 aromatic rings. The normalized spacial score (nSPS) is 17.4. The molecule has 200 valence electrons. The minimum atomic E-state index is -0.814. The van der Waals surface area contributed by atoms with Crippen molar-refractivity contribution in [1.82, 2.24) is 5.32 Å². The summed E-state index contributed by atoms with van der Waals surface area (Å²) < 4.78 is 17.9. The number of carboxylic acids is 1. The molecule has 0 radical (unpaired) electrons. The number of aliphatic carboxylic acids is 1. The van der Waals surface area contributed by atoms with Crippen LogP contribution in [0.15, 0.2) is 48.5 Å². The maximum Gasteiger partial charge on any atom is 0.304 e. The zero-order chi connectivity index (χ0) is 26.6. The average molecular weight is 534 g/mol. The quantitative estimate of drug-likeness (QED) is 0.281. The van der Waals surface area contributed by atoms with Crippen molar-refractivity contribution in [1.29, 1.82) is 0 Å². The molecule has 0 fully saturated rings. The van der Waals surface area contributed by atoms with Gasteiger partial charge in [-0.05, 0) is 84.8 Å². The molecule has 0 saturated heterocycles. The Morgan fingerprint density at radius 3 is 2.76 bits per heavy atom. The summed E-state index contributed by atoms with van der Waals surface area (Å²) in [5.41, 5.74) is 8.18. The predicted octanol–water partition coefficient (Wildman–Crippen LogP) is 6.28. The van der Waals surface area contributed by atoms with Crippen LogP contribution in [0.1, 0.15) is 52.6 Å². The topological polar surface area (TPSA) is 77.0 Å². The van der Waals surface area contributed by atoms with Crippen molar-refractivity contribution in [3.63, 3.8) is 0 Å². The number of carboxylic acid groups (broad SMARTS) is 1. The van der Waals surface area contributed by atoms with Crippen molar-refractivity contribution in [3.05, 3.63) is 76.3 Å². The Labute approximate surface area is 228 Å². The maximum atomic E-state index is 11.1. The van der Waals surface area contributed by atoms with Gasteiger partial charge in [-0.25, -0.2) is 0 Å². The van der Waals surface area contributed by atoms with E-state index < -0.39 is 5.97 Å². The first kappa shape index (κ1) is 26.4. The van der Waals surface area contributed by atoms with E-state index in [2.05, 4.69) is 55.8 Å². The number of fused-ring (bicyclic) bond motifs is 2. The van der Waals surface area contributed by atoms with Crippen LogP contribution in [-0.2, 0) is 11.4 Å². The number of hydrogen-bond donors (Lipinski definition) is 2. The predicted molar refractivity (Wildman–Crippen MR) is 152 cm³/mol. The lowest BCUT2D eigenvalue weighted by molar-refractivity contribution is -0.137. The van der Waals surface area contributed by atoms with E-state index in [0.717, 1.165) is 35.6 Å². The van der Waals surface area contributed by atoms with Crippen LogP contribution in [0.4, 0.5) is 0 Å². The Kier molecular flexibility index (Phi) is 8.15. The van der Waals surface area contributed by atoms with E-state index in [0.29, 0.717) is 31.3 Å². The standard InChI is InChI=1S/C31H35NO5S/c1-19-12-28-31(26(18-37-28)32-10-5-11-38-3)20(2)30(19)22-7-4-6-21(13-22)16-35-24-8-9-25-23(14-29(33)34)17-36-27(25)15-24/h4,6-9,12-13,15,23,26,32H,5,10-11,14,16-18H2,1-3H3,(H,33,34). The van der Waals surface area contributed by atoms with Crippen molar-refractivity contribution >= 4 is 17.7 Å². The van der Waals surface area contributed by atoms with Crippen LogP contribution in [0.25, 0.3) is 11.1 Å². The van der Waals surface area contributed by atoms with Crippen LogP contribution in [0.2, 0.25) is 0 Å². The molecular weight excluding hydrogens is 498 g/mol. The second-order valence-electron chi connectivity index (χ2n) is 10.1.